The third kappa shape index (κ3) is 2.02. The zero-order valence-electron chi connectivity index (χ0n) is 7.93. The van der Waals surface area contributed by atoms with Gasteiger partial charge in [-0.3, -0.25) is 0 Å². The maximum atomic E-state index is 11.4. The van der Waals surface area contributed by atoms with E-state index in [1.54, 1.807) is 18.2 Å². The molecule has 2 rings (SSSR count). The second-order valence-electron chi connectivity index (χ2n) is 2.93. The van der Waals surface area contributed by atoms with Gasteiger partial charge < -0.3 is 19.3 Å². The minimum atomic E-state index is -0.484. The Kier molecular flexibility index (Phi) is 2.73. The summed E-state index contributed by atoms with van der Waals surface area (Å²) in [5.74, 6) is 0.671. The zero-order chi connectivity index (χ0) is 10.7. The summed E-state index contributed by atoms with van der Waals surface area (Å²) >= 11 is 0. The van der Waals surface area contributed by atoms with Crippen molar-refractivity contribution in [1.29, 1.82) is 0 Å². The van der Waals surface area contributed by atoms with Crippen molar-refractivity contribution in [2.45, 2.75) is 0 Å². The monoisotopic (exact) mass is 210 g/mol. The molecule has 0 saturated heterocycles. The van der Waals surface area contributed by atoms with Crippen LogP contribution in [0.2, 0.25) is 0 Å². The van der Waals surface area contributed by atoms with Crippen LogP contribution in [-0.4, -0.2) is 31.1 Å². The van der Waals surface area contributed by atoms with E-state index in [-0.39, 0.29) is 20.0 Å². The fourth-order valence-electron chi connectivity index (χ4n) is 1.25. The van der Waals surface area contributed by atoms with Crippen LogP contribution in [-0.2, 0) is 4.74 Å². The normalized spacial score (nSPS) is 12.6. The summed E-state index contributed by atoms with van der Waals surface area (Å²) in [6.45, 7) is -0.0198. The Balaban J connectivity index is 2.12. The summed E-state index contributed by atoms with van der Waals surface area (Å²) in [5, 5.41) is 8.50. The summed E-state index contributed by atoms with van der Waals surface area (Å²) in [5.41, 5.74) is 0.382. The van der Waals surface area contributed by atoms with Gasteiger partial charge in [0, 0.05) is 0 Å². The van der Waals surface area contributed by atoms with Crippen LogP contribution in [0.3, 0.4) is 0 Å². The minimum absolute atomic E-state index is 0.00667. The molecule has 0 bridgehead atoms. The van der Waals surface area contributed by atoms with Gasteiger partial charge in [0.15, 0.2) is 11.5 Å². The summed E-state index contributed by atoms with van der Waals surface area (Å²) < 4.78 is 15.0. The molecule has 1 aliphatic rings. The van der Waals surface area contributed by atoms with Gasteiger partial charge in [0.2, 0.25) is 6.79 Å². The van der Waals surface area contributed by atoms with Crippen molar-refractivity contribution in [1.82, 2.24) is 0 Å². The molecule has 15 heavy (non-hydrogen) atoms. The number of rotatable bonds is 3. The lowest BCUT2D eigenvalue weighted by Gasteiger charge is -2.03. The molecule has 0 saturated carbocycles. The molecule has 80 valence electrons. The fraction of sp³-hybridized carbons (Fsp3) is 0.300. The van der Waals surface area contributed by atoms with Crippen LogP contribution in [0.1, 0.15) is 10.4 Å². The predicted octanol–water partition coefficient (Wildman–Crippen LogP) is 0.564. The largest absolute Gasteiger partial charge is 0.460 e. The average molecular weight is 210 g/mol. The van der Waals surface area contributed by atoms with Gasteiger partial charge in [-0.05, 0) is 18.2 Å². The number of aliphatic hydroxyl groups excluding tert-OH is 1. The van der Waals surface area contributed by atoms with Gasteiger partial charge in [-0.2, -0.15) is 0 Å². The van der Waals surface area contributed by atoms with E-state index in [9.17, 15) is 4.79 Å². The number of carbonyl (C=O) groups is 1. The number of esters is 1. The van der Waals surface area contributed by atoms with Crippen LogP contribution >= 0.6 is 0 Å². The molecule has 5 heteroatoms. The number of hydrogen-bond acceptors (Lipinski definition) is 5. The Morgan fingerprint density at radius 3 is 3.00 bits per heavy atom. The lowest BCUT2D eigenvalue weighted by atomic mass is 10.2. The molecule has 1 N–H and O–H groups in total. The molecule has 5 nitrogen and oxygen atoms in total. The highest BCUT2D eigenvalue weighted by Crippen LogP contribution is 2.32. The first-order valence-corrected chi connectivity index (χ1v) is 4.49. The van der Waals surface area contributed by atoms with Crippen LogP contribution in [0, 0.1) is 0 Å². The van der Waals surface area contributed by atoms with Gasteiger partial charge in [-0.15, -0.1) is 0 Å². The number of carbonyl (C=O) groups excluding carboxylic acids is 1. The molecule has 0 aromatic heterocycles. The number of benzene rings is 1. The smallest absolute Gasteiger partial charge is 0.338 e. The first-order chi connectivity index (χ1) is 7.31. The molecule has 0 atom stereocenters. The molecular formula is C10H10O5. The van der Waals surface area contributed by atoms with Crippen molar-refractivity contribution >= 4 is 5.97 Å². The molecule has 0 radical (unpaired) electrons. The lowest BCUT2D eigenvalue weighted by molar-refractivity contribution is 0.0433. The number of fused-ring (bicyclic) bond motifs is 1. The summed E-state index contributed by atoms with van der Waals surface area (Å²) in [4.78, 5) is 11.4. The van der Waals surface area contributed by atoms with Gasteiger partial charge >= 0.3 is 5.97 Å². The molecule has 0 fully saturated rings. The molecule has 0 amide bonds. The van der Waals surface area contributed by atoms with E-state index in [2.05, 4.69) is 0 Å². The molecule has 0 unspecified atom stereocenters. The first kappa shape index (κ1) is 9.79. The summed E-state index contributed by atoms with van der Waals surface area (Å²) in [6.07, 6.45) is 0. The quantitative estimate of drug-likeness (QED) is 0.738. The topological polar surface area (TPSA) is 65.0 Å². The molecule has 1 aromatic carbocycles. The van der Waals surface area contributed by atoms with E-state index in [1.807, 2.05) is 0 Å². The summed E-state index contributed by atoms with van der Waals surface area (Å²) in [7, 11) is 0. The van der Waals surface area contributed by atoms with Gasteiger partial charge in [0.1, 0.15) is 6.61 Å². The highest BCUT2D eigenvalue weighted by Gasteiger charge is 2.16. The van der Waals surface area contributed by atoms with Gasteiger partial charge in [-0.1, -0.05) is 0 Å². The van der Waals surface area contributed by atoms with Crippen molar-refractivity contribution in [3.05, 3.63) is 23.8 Å². The molecule has 0 spiro atoms. The predicted molar refractivity (Wildman–Crippen MR) is 49.9 cm³/mol. The van der Waals surface area contributed by atoms with Gasteiger partial charge in [0.25, 0.3) is 0 Å². The van der Waals surface area contributed by atoms with Crippen molar-refractivity contribution in [3.63, 3.8) is 0 Å². The Morgan fingerprint density at radius 1 is 1.40 bits per heavy atom. The lowest BCUT2D eigenvalue weighted by Crippen LogP contribution is -2.08. The Labute approximate surface area is 86.2 Å². The van der Waals surface area contributed by atoms with Crippen molar-refractivity contribution in [3.8, 4) is 11.5 Å². The van der Waals surface area contributed by atoms with E-state index in [4.69, 9.17) is 19.3 Å². The Hall–Kier alpha value is -1.75. The molecule has 1 aliphatic heterocycles. The van der Waals surface area contributed by atoms with Crippen LogP contribution in [0.5, 0.6) is 11.5 Å². The Bertz CT molecular complexity index is 374. The second-order valence-corrected chi connectivity index (χ2v) is 2.93. The van der Waals surface area contributed by atoms with Gasteiger partial charge in [0.05, 0.1) is 12.2 Å². The summed E-state index contributed by atoms with van der Waals surface area (Å²) in [6, 6.07) is 4.80. The van der Waals surface area contributed by atoms with Crippen LogP contribution in [0.25, 0.3) is 0 Å². The van der Waals surface area contributed by atoms with E-state index in [0.717, 1.165) is 0 Å². The van der Waals surface area contributed by atoms with Crippen molar-refractivity contribution in [2.24, 2.45) is 0 Å². The Morgan fingerprint density at radius 2 is 2.20 bits per heavy atom. The first-order valence-electron chi connectivity index (χ1n) is 4.49. The van der Waals surface area contributed by atoms with Gasteiger partial charge in [-0.25, -0.2) is 4.79 Å². The van der Waals surface area contributed by atoms with E-state index >= 15 is 0 Å². The van der Waals surface area contributed by atoms with E-state index in [1.165, 1.54) is 0 Å². The molecular weight excluding hydrogens is 200 g/mol. The molecule has 1 aromatic rings. The molecule has 0 aliphatic carbocycles. The minimum Gasteiger partial charge on any atom is -0.460 e. The number of hydrogen-bond donors (Lipinski definition) is 1. The van der Waals surface area contributed by atoms with Crippen molar-refractivity contribution in [2.75, 3.05) is 20.0 Å². The third-order valence-corrected chi connectivity index (χ3v) is 1.93. The average Bonchev–Trinajstić information content (AvgIpc) is 2.72. The SMILES string of the molecule is O=C(OCCO)c1ccc2c(c1)OCO2. The molecule has 1 heterocycles. The highest BCUT2D eigenvalue weighted by atomic mass is 16.7. The van der Waals surface area contributed by atoms with E-state index in [0.29, 0.717) is 17.1 Å². The number of aliphatic hydroxyl groups is 1. The van der Waals surface area contributed by atoms with Crippen LogP contribution in [0.15, 0.2) is 18.2 Å². The maximum absolute atomic E-state index is 11.4. The highest BCUT2D eigenvalue weighted by molar-refractivity contribution is 5.90. The zero-order valence-corrected chi connectivity index (χ0v) is 7.93. The number of ether oxygens (including phenoxy) is 3. The fourth-order valence-corrected chi connectivity index (χ4v) is 1.25. The standard InChI is InChI=1S/C10H10O5/c11-3-4-13-10(12)7-1-2-8-9(5-7)15-6-14-8/h1-2,5,11H,3-4,6H2. The van der Waals surface area contributed by atoms with Crippen LogP contribution in [0.4, 0.5) is 0 Å². The maximum Gasteiger partial charge on any atom is 0.338 e. The van der Waals surface area contributed by atoms with Crippen LogP contribution < -0.4 is 9.47 Å². The van der Waals surface area contributed by atoms with Crippen molar-refractivity contribution < 1.29 is 24.1 Å². The second kappa shape index (κ2) is 4.18. The third-order valence-electron chi connectivity index (χ3n) is 1.93. The van der Waals surface area contributed by atoms with E-state index < -0.39 is 5.97 Å².